The van der Waals surface area contributed by atoms with Crippen LogP contribution in [0.25, 0.3) is 0 Å². The third-order valence-electron chi connectivity index (χ3n) is 1.95. The molecule has 1 aliphatic rings. The van der Waals surface area contributed by atoms with E-state index in [1.807, 2.05) is 0 Å². The summed E-state index contributed by atoms with van der Waals surface area (Å²) in [6, 6.07) is 0. The predicted octanol–water partition coefficient (Wildman–Crippen LogP) is -0.632. The zero-order chi connectivity index (χ0) is 9.14. The zero-order valence-electron chi connectivity index (χ0n) is 6.69. The molecule has 0 aromatic rings. The topological polar surface area (TPSA) is 83.6 Å². The van der Waals surface area contributed by atoms with Crippen LogP contribution in [-0.2, 0) is 9.59 Å². The first-order valence-corrected chi connectivity index (χ1v) is 3.91. The molecule has 0 spiro atoms. The molecule has 68 valence electrons. The Hall–Kier alpha value is -1.10. The highest BCUT2D eigenvalue weighted by Gasteiger charge is 2.27. The van der Waals surface area contributed by atoms with Crippen LogP contribution in [-0.4, -0.2) is 34.6 Å². The van der Waals surface area contributed by atoms with Crippen LogP contribution in [0.15, 0.2) is 0 Å². The number of carboxylic acids is 1. The Labute approximate surface area is 70.1 Å². The number of carboxylic acid groups (broad SMARTS) is 1. The predicted molar refractivity (Wildman–Crippen MR) is 41.2 cm³/mol. The quantitative estimate of drug-likeness (QED) is 0.580. The van der Waals surface area contributed by atoms with Gasteiger partial charge in [-0.25, -0.2) is 4.79 Å². The molecule has 1 saturated heterocycles. The molecule has 3 N–H and O–H groups in total. The fourth-order valence-corrected chi connectivity index (χ4v) is 1.25. The van der Waals surface area contributed by atoms with Gasteiger partial charge in [0.2, 0.25) is 5.91 Å². The van der Waals surface area contributed by atoms with Crippen LogP contribution >= 0.6 is 0 Å². The molecule has 0 bridgehead atoms. The van der Waals surface area contributed by atoms with E-state index in [2.05, 4.69) is 0 Å². The van der Waals surface area contributed by atoms with Crippen LogP contribution in [0.2, 0.25) is 0 Å². The van der Waals surface area contributed by atoms with Crippen molar-refractivity contribution in [1.82, 2.24) is 4.90 Å². The molecule has 1 rings (SSSR count). The average molecular weight is 172 g/mol. The van der Waals surface area contributed by atoms with Gasteiger partial charge in [-0.2, -0.15) is 0 Å². The van der Waals surface area contributed by atoms with Gasteiger partial charge in [-0.1, -0.05) is 0 Å². The fourth-order valence-electron chi connectivity index (χ4n) is 1.25. The Kier molecular flexibility index (Phi) is 2.65. The summed E-state index contributed by atoms with van der Waals surface area (Å²) in [5.41, 5.74) is 5.29. The molecule has 0 aromatic carbocycles. The Morgan fingerprint density at radius 3 is 2.75 bits per heavy atom. The van der Waals surface area contributed by atoms with Gasteiger partial charge in [0.25, 0.3) is 0 Å². The molecule has 1 amide bonds. The van der Waals surface area contributed by atoms with Gasteiger partial charge in [-0.05, 0) is 12.8 Å². The highest BCUT2D eigenvalue weighted by molar-refractivity contribution is 5.83. The van der Waals surface area contributed by atoms with Gasteiger partial charge >= 0.3 is 5.97 Å². The first-order chi connectivity index (χ1) is 5.63. The lowest BCUT2D eigenvalue weighted by molar-refractivity contribution is -0.151. The monoisotopic (exact) mass is 172 g/mol. The van der Waals surface area contributed by atoms with E-state index in [1.54, 1.807) is 0 Å². The smallest absolute Gasteiger partial charge is 0.341 e. The van der Waals surface area contributed by atoms with Crippen molar-refractivity contribution in [2.24, 2.45) is 5.73 Å². The van der Waals surface area contributed by atoms with Crippen LogP contribution in [0.3, 0.4) is 0 Å². The highest BCUT2D eigenvalue weighted by Crippen LogP contribution is 2.11. The van der Waals surface area contributed by atoms with Crippen molar-refractivity contribution in [1.29, 1.82) is 0 Å². The Bertz CT molecular complexity index is 205. The maximum absolute atomic E-state index is 11.1. The van der Waals surface area contributed by atoms with Crippen molar-refractivity contribution < 1.29 is 14.7 Å². The van der Waals surface area contributed by atoms with Gasteiger partial charge in [0.15, 0.2) is 6.17 Å². The molecule has 0 radical (unpaired) electrons. The van der Waals surface area contributed by atoms with Crippen molar-refractivity contribution in [2.75, 3.05) is 6.54 Å². The molecule has 5 heteroatoms. The lowest BCUT2D eigenvalue weighted by atomic mass is 10.1. The van der Waals surface area contributed by atoms with Crippen molar-refractivity contribution in [3.05, 3.63) is 0 Å². The number of nitrogens with zero attached hydrogens (tertiary/aromatic N) is 1. The SMILES string of the molecule is N[C@H](C(=O)O)N1CCCCC1=O. The second-order valence-corrected chi connectivity index (χ2v) is 2.83. The van der Waals surface area contributed by atoms with Crippen molar-refractivity contribution in [3.63, 3.8) is 0 Å². The Balaban J connectivity index is 2.59. The van der Waals surface area contributed by atoms with E-state index in [0.717, 1.165) is 12.8 Å². The number of hydrogen-bond donors (Lipinski definition) is 2. The summed E-state index contributed by atoms with van der Waals surface area (Å²) < 4.78 is 0. The Morgan fingerprint density at radius 1 is 1.58 bits per heavy atom. The summed E-state index contributed by atoms with van der Waals surface area (Å²) in [5, 5.41) is 8.53. The van der Waals surface area contributed by atoms with E-state index in [4.69, 9.17) is 10.8 Å². The average Bonchev–Trinajstić information content (AvgIpc) is 2.04. The lowest BCUT2D eigenvalue weighted by Gasteiger charge is -2.29. The van der Waals surface area contributed by atoms with E-state index in [1.165, 1.54) is 4.90 Å². The molecule has 1 fully saturated rings. The van der Waals surface area contributed by atoms with Gasteiger partial charge in [-0.3, -0.25) is 4.79 Å². The summed E-state index contributed by atoms with van der Waals surface area (Å²) >= 11 is 0. The number of amides is 1. The largest absolute Gasteiger partial charge is 0.479 e. The number of carbonyl (C=O) groups is 2. The molecule has 0 unspecified atom stereocenters. The number of carbonyl (C=O) groups excluding carboxylic acids is 1. The Morgan fingerprint density at radius 2 is 2.25 bits per heavy atom. The van der Waals surface area contributed by atoms with E-state index >= 15 is 0 Å². The third kappa shape index (κ3) is 1.73. The molecule has 1 atom stereocenters. The lowest BCUT2D eigenvalue weighted by Crippen LogP contribution is -2.52. The molecule has 5 nitrogen and oxygen atoms in total. The minimum Gasteiger partial charge on any atom is -0.479 e. The van der Waals surface area contributed by atoms with Crippen LogP contribution in [0.4, 0.5) is 0 Å². The van der Waals surface area contributed by atoms with Crippen LogP contribution in [0.5, 0.6) is 0 Å². The second kappa shape index (κ2) is 3.53. The molecular formula is C7H12N2O3. The summed E-state index contributed by atoms with van der Waals surface area (Å²) in [5.74, 6) is -1.30. The summed E-state index contributed by atoms with van der Waals surface area (Å²) in [6.07, 6.45) is 0.924. The number of aliphatic carboxylic acids is 1. The van der Waals surface area contributed by atoms with E-state index < -0.39 is 12.1 Å². The van der Waals surface area contributed by atoms with Gasteiger partial charge < -0.3 is 15.7 Å². The van der Waals surface area contributed by atoms with E-state index in [9.17, 15) is 9.59 Å². The number of nitrogens with two attached hydrogens (primary N) is 1. The van der Waals surface area contributed by atoms with Gasteiger partial charge in [0.1, 0.15) is 0 Å². The summed E-state index contributed by atoms with van der Waals surface area (Å²) in [7, 11) is 0. The van der Waals surface area contributed by atoms with Crippen LogP contribution < -0.4 is 5.73 Å². The molecule has 12 heavy (non-hydrogen) atoms. The van der Waals surface area contributed by atoms with Crippen molar-refractivity contribution in [3.8, 4) is 0 Å². The fraction of sp³-hybridized carbons (Fsp3) is 0.714. The minimum absolute atomic E-state index is 0.156. The van der Waals surface area contributed by atoms with Gasteiger partial charge in [0, 0.05) is 13.0 Å². The molecule has 0 saturated carbocycles. The highest BCUT2D eigenvalue weighted by atomic mass is 16.4. The van der Waals surface area contributed by atoms with Crippen molar-refractivity contribution >= 4 is 11.9 Å². The molecule has 1 aliphatic heterocycles. The third-order valence-corrected chi connectivity index (χ3v) is 1.95. The summed E-state index contributed by atoms with van der Waals surface area (Å²) in [6.45, 7) is 0.465. The van der Waals surface area contributed by atoms with Gasteiger partial charge in [-0.15, -0.1) is 0 Å². The summed E-state index contributed by atoms with van der Waals surface area (Å²) in [4.78, 5) is 22.8. The maximum Gasteiger partial charge on any atom is 0.341 e. The zero-order valence-corrected chi connectivity index (χ0v) is 6.69. The number of hydrogen-bond acceptors (Lipinski definition) is 3. The van der Waals surface area contributed by atoms with E-state index in [0.29, 0.717) is 13.0 Å². The normalized spacial score (nSPS) is 20.8. The van der Waals surface area contributed by atoms with Crippen molar-refractivity contribution in [2.45, 2.75) is 25.4 Å². The van der Waals surface area contributed by atoms with Gasteiger partial charge in [0.05, 0.1) is 0 Å². The second-order valence-electron chi connectivity index (χ2n) is 2.83. The first-order valence-electron chi connectivity index (χ1n) is 3.91. The van der Waals surface area contributed by atoms with Crippen LogP contribution in [0, 0.1) is 0 Å². The minimum atomic E-state index is -1.17. The molecule has 0 aromatic heterocycles. The number of piperidine rings is 1. The maximum atomic E-state index is 11.1. The molecule has 0 aliphatic carbocycles. The number of likely N-dealkylation sites (tertiary alicyclic amines) is 1. The number of rotatable bonds is 2. The van der Waals surface area contributed by atoms with Crippen LogP contribution in [0.1, 0.15) is 19.3 Å². The molecule has 1 heterocycles. The van der Waals surface area contributed by atoms with E-state index in [-0.39, 0.29) is 5.91 Å². The molecular weight excluding hydrogens is 160 g/mol. The standard InChI is InChI=1S/C7H12N2O3/c8-6(7(11)12)9-4-2-1-3-5(9)10/h6H,1-4,8H2,(H,11,12)/t6-/m0/s1. The first kappa shape index (κ1) is 8.99.